The fraction of sp³-hybridized carbons (Fsp3) is 0.333. The number of aliphatic hydroxyl groups excluding tert-OH is 1. The van der Waals surface area contributed by atoms with Crippen LogP contribution in [0.15, 0.2) is 24.5 Å². The van der Waals surface area contributed by atoms with Crippen molar-refractivity contribution in [3.63, 3.8) is 0 Å². The standard InChI is InChI=1S/C12H15ClN4O/c1-2-5-17-12(15-7-16-17)11(18)9-4-3-8(13)6-10(9)14/h3-4,6-7,11,18H,2,5,14H2,1H3. The fourth-order valence-corrected chi connectivity index (χ4v) is 1.98. The summed E-state index contributed by atoms with van der Waals surface area (Å²) in [5, 5.41) is 14.9. The van der Waals surface area contributed by atoms with E-state index in [1.807, 2.05) is 6.92 Å². The van der Waals surface area contributed by atoms with Crippen molar-refractivity contribution in [2.75, 3.05) is 5.73 Å². The van der Waals surface area contributed by atoms with Crippen molar-refractivity contribution in [2.45, 2.75) is 26.0 Å². The summed E-state index contributed by atoms with van der Waals surface area (Å²) >= 11 is 5.83. The molecule has 5 nitrogen and oxygen atoms in total. The van der Waals surface area contributed by atoms with E-state index in [1.165, 1.54) is 6.33 Å². The molecule has 0 saturated heterocycles. The first kappa shape index (κ1) is 12.9. The van der Waals surface area contributed by atoms with E-state index in [2.05, 4.69) is 10.1 Å². The van der Waals surface area contributed by atoms with Gasteiger partial charge in [0.2, 0.25) is 0 Å². The summed E-state index contributed by atoms with van der Waals surface area (Å²) in [5.41, 5.74) is 6.88. The Balaban J connectivity index is 2.35. The fourth-order valence-electron chi connectivity index (χ4n) is 1.80. The van der Waals surface area contributed by atoms with Gasteiger partial charge in [0.25, 0.3) is 0 Å². The minimum atomic E-state index is -0.892. The van der Waals surface area contributed by atoms with Crippen molar-refractivity contribution < 1.29 is 5.11 Å². The van der Waals surface area contributed by atoms with E-state index in [0.717, 1.165) is 6.42 Å². The van der Waals surface area contributed by atoms with Gasteiger partial charge in [-0.05, 0) is 18.6 Å². The summed E-state index contributed by atoms with van der Waals surface area (Å²) in [7, 11) is 0. The molecular formula is C12H15ClN4O. The number of nitrogens with zero attached hydrogens (tertiary/aromatic N) is 3. The quantitative estimate of drug-likeness (QED) is 0.830. The van der Waals surface area contributed by atoms with Crippen molar-refractivity contribution >= 4 is 17.3 Å². The Morgan fingerprint density at radius 1 is 1.50 bits per heavy atom. The molecule has 0 aliphatic carbocycles. The number of halogens is 1. The molecule has 0 spiro atoms. The van der Waals surface area contributed by atoms with E-state index in [9.17, 15) is 5.11 Å². The maximum absolute atomic E-state index is 10.3. The molecule has 0 fully saturated rings. The minimum Gasteiger partial charge on any atom is -0.398 e. The van der Waals surface area contributed by atoms with Crippen LogP contribution < -0.4 is 5.73 Å². The summed E-state index contributed by atoms with van der Waals surface area (Å²) in [6, 6.07) is 5.00. The number of aromatic nitrogens is 3. The van der Waals surface area contributed by atoms with Crippen LogP contribution in [-0.2, 0) is 6.54 Å². The van der Waals surface area contributed by atoms with Gasteiger partial charge in [0.05, 0.1) is 0 Å². The molecule has 0 saturated carbocycles. The maximum Gasteiger partial charge on any atom is 0.160 e. The number of hydrogen-bond donors (Lipinski definition) is 2. The highest BCUT2D eigenvalue weighted by Gasteiger charge is 2.19. The Hall–Kier alpha value is -1.59. The molecular weight excluding hydrogens is 252 g/mol. The zero-order valence-corrected chi connectivity index (χ0v) is 10.8. The van der Waals surface area contributed by atoms with Gasteiger partial charge in [-0.3, -0.25) is 0 Å². The van der Waals surface area contributed by atoms with Crippen LogP contribution in [0.25, 0.3) is 0 Å². The van der Waals surface area contributed by atoms with E-state index in [1.54, 1.807) is 22.9 Å². The third kappa shape index (κ3) is 2.47. The second kappa shape index (κ2) is 5.37. The molecule has 0 aliphatic heterocycles. The number of aliphatic hydroxyl groups is 1. The predicted molar refractivity (Wildman–Crippen MR) is 70.2 cm³/mol. The van der Waals surface area contributed by atoms with Gasteiger partial charge in [-0.15, -0.1) is 0 Å². The molecule has 3 N–H and O–H groups in total. The first-order chi connectivity index (χ1) is 8.63. The molecule has 0 amide bonds. The Kier molecular flexibility index (Phi) is 3.84. The van der Waals surface area contributed by atoms with E-state index < -0.39 is 6.10 Å². The van der Waals surface area contributed by atoms with E-state index in [-0.39, 0.29) is 0 Å². The predicted octanol–water partition coefficient (Wildman–Crippen LogP) is 2.01. The summed E-state index contributed by atoms with van der Waals surface area (Å²) in [6.45, 7) is 2.74. The summed E-state index contributed by atoms with van der Waals surface area (Å²) in [6.07, 6.45) is 1.45. The Morgan fingerprint density at radius 3 is 2.94 bits per heavy atom. The summed E-state index contributed by atoms with van der Waals surface area (Å²) < 4.78 is 1.68. The average molecular weight is 267 g/mol. The van der Waals surface area contributed by atoms with Crippen molar-refractivity contribution in [3.8, 4) is 0 Å². The van der Waals surface area contributed by atoms with Gasteiger partial charge in [-0.1, -0.05) is 24.6 Å². The molecule has 1 heterocycles. The molecule has 2 rings (SSSR count). The number of anilines is 1. The van der Waals surface area contributed by atoms with Crippen molar-refractivity contribution in [2.24, 2.45) is 0 Å². The molecule has 0 aliphatic rings. The number of nitrogen functional groups attached to an aromatic ring is 1. The Labute approximate surface area is 110 Å². The van der Waals surface area contributed by atoms with Crippen molar-refractivity contribution in [3.05, 3.63) is 40.9 Å². The highest BCUT2D eigenvalue weighted by Crippen LogP contribution is 2.27. The van der Waals surface area contributed by atoms with Gasteiger partial charge in [0, 0.05) is 22.8 Å². The van der Waals surface area contributed by atoms with E-state index in [4.69, 9.17) is 17.3 Å². The molecule has 18 heavy (non-hydrogen) atoms. The summed E-state index contributed by atoms with van der Waals surface area (Å²) in [5.74, 6) is 0.492. The Morgan fingerprint density at radius 2 is 2.28 bits per heavy atom. The number of benzene rings is 1. The third-order valence-electron chi connectivity index (χ3n) is 2.67. The topological polar surface area (TPSA) is 77.0 Å². The zero-order chi connectivity index (χ0) is 13.1. The van der Waals surface area contributed by atoms with Crippen molar-refractivity contribution in [1.29, 1.82) is 0 Å². The van der Waals surface area contributed by atoms with Crippen LogP contribution in [0.1, 0.15) is 30.8 Å². The molecule has 96 valence electrons. The van der Waals surface area contributed by atoms with Crippen LogP contribution in [0, 0.1) is 0 Å². The second-order valence-corrected chi connectivity index (χ2v) is 4.45. The molecule has 1 aromatic carbocycles. The normalized spacial score (nSPS) is 12.6. The lowest BCUT2D eigenvalue weighted by Crippen LogP contribution is -2.12. The lowest BCUT2D eigenvalue weighted by Gasteiger charge is -2.14. The van der Waals surface area contributed by atoms with Crippen LogP contribution in [0.3, 0.4) is 0 Å². The molecule has 6 heteroatoms. The lowest BCUT2D eigenvalue weighted by atomic mass is 10.1. The minimum absolute atomic E-state index is 0.445. The third-order valence-corrected chi connectivity index (χ3v) is 2.90. The molecule has 1 unspecified atom stereocenters. The molecule has 0 bridgehead atoms. The van der Waals surface area contributed by atoms with Gasteiger partial charge in [-0.2, -0.15) is 5.10 Å². The van der Waals surface area contributed by atoms with E-state index >= 15 is 0 Å². The molecule has 1 atom stereocenters. The second-order valence-electron chi connectivity index (χ2n) is 4.02. The highest BCUT2D eigenvalue weighted by molar-refractivity contribution is 6.30. The van der Waals surface area contributed by atoms with Crippen LogP contribution in [0.2, 0.25) is 5.02 Å². The lowest BCUT2D eigenvalue weighted by molar-refractivity contribution is 0.203. The zero-order valence-electron chi connectivity index (χ0n) is 10.0. The SMILES string of the molecule is CCCn1ncnc1C(O)c1ccc(Cl)cc1N. The largest absolute Gasteiger partial charge is 0.398 e. The first-order valence-electron chi connectivity index (χ1n) is 5.74. The summed E-state index contributed by atoms with van der Waals surface area (Å²) in [4.78, 5) is 4.09. The number of hydrogen-bond acceptors (Lipinski definition) is 4. The molecule has 2 aromatic rings. The number of rotatable bonds is 4. The maximum atomic E-state index is 10.3. The van der Waals surface area contributed by atoms with Crippen molar-refractivity contribution in [1.82, 2.24) is 14.8 Å². The van der Waals surface area contributed by atoms with Gasteiger partial charge in [0.1, 0.15) is 12.4 Å². The molecule has 1 aromatic heterocycles. The average Bonchev–Trinajstić information content (AvgIpc) is 2.77. The molecule has 0 radical (unpaired) electrons. The number of aryl methyl sites for hydroxylation is 1. The van der Waals surface area contributed by atoms with Gasteiger partial charge in [0.15, 0.2) is 5.82 Å². The van der Waals surface area contributed by atoms with Gasteiger partial charge in [-0.25, -0.2) is 9.67 Å². The smallest absolute Gasteiger partial charge is 0.160 e. The van der Waals surface area contributed by atoms with Crippen LogP contribution in [0.5, 0.6) is 0 Å². The number of nitrogens with two attached hydrogens (primary N) is 1. The van der Waals surface area contributed by atoms with Gasteiger partial charge >= 0.3 is 0 Å². The van der Waals surface area contributed by atoms with Crippen LogP contribution in [-0.4, -0.2) is 19.9 Å². The van der Waals surface area contributed by atoms with Crippen LogP contribution >= 0.6 is 11.6 Å². The van der Waals surface area contributed by atoms with Gasteiger partial charge < -0.3 is 10.8 Å². The Bertz CT molecular complexity index is 541. The van der Waals surface area contributed by atoms with Crippen LogP contribution in [0.4, 0.5) is 5.69 Å². The monoisotopic (exact) mass is 266 g/mol. The van der Waals surface area contributed by atoms with E-state index in [0.29, 0.717) is 28.6 Å². The highest BCUT2D eigenvalue weighted by atomic mass is 35.5. The first-order valence-corrected chi connectivity index (χ1v) is 6.12.